The van der Waals surface area contributed by atoms with Crippen LogP contribution in [0.25, 0.3) is 5.65 Å². The Bertz CT molecular complexity index is 642. The third kappa shape index (κ3) is 2.75. The van der Waals surface area contributed by atoms with Gasteiger partial charge in [-0.25, -0.2) is 0 Å². The molecule has 0 unspecified atom stereocenters. The van der Waals surface area contributed by atoms with Crippen LogP contribution in [0.5, 0.6) is 0 Å². The highest BCUT2D eigenvalue weighted by atomic mass is 16.2. The molecular formula is C15H22N6O. The van der Waals surface area contributed by atoms with Gasteiger partial charge in [-0.1, -0.05) is 0 Å². The van der Waals surface area contributed by atoms with Gasteiger partial charge in [0.15, 0.2) is 5.65 Å². The minimum Gasteiger partial charge on any atom is -0.355 e. The molecule has 0 aromatic carbocycles. The van der Waals surface area contributed by atoms with Crippen molar-refractivity contribution in [3.8, 4) is 0 Å². The summed E-state index contributed by atoms with van der Waals surface area (Å²) >= 11 is 0. The summed E-state index contributed by atoms with van der Waals surface area (Å²) in [5.74, 6) is 1.36. The van der Waals surface area contributed by atoms with Gasteiger partial charge in [0.05, 0.1) is 0 Å². The molecule has 1 aliphatic heterocycles. The van der Waals surface area contributed by atoms with Crippen LogP contribution in [0, 0.1) is 5.92 Å². The Morgan fingerprint density at radius 2 is 2.00 bits per heavy atom. The predicted molar refractivity (Wildman–Crippen MR) is 83.6 cm³/mol. The minimum absolute atomic E-state index is 0.148. The van der Waals surface area contributed by atoms with Crippen molar-refractivity contribution in [3.05, 3.63) is 18.5 Å². The number of carbonyl (C=O) groups is 1. The van der Waals surface area contributed by atoms with Crippen LogP contribution in [0.2, 0.25) is 0 Å². The number of aromatic nitrogens is 4. The van der Waals surface area contributed by atoms with Crippen molar-refractivity contribution < 1.29 is 4.79 Å². The van der Waals surface area contributed by atoms with E-state index in [4.69, 9.17) is 0 Å². The number of hydrogen-bond donors (Lipinski definition) is 0. The second kappa shape index (κ2) is 6.29. The van der Waals surface area contributed by atoms with Crippen molar-refractivity contribution in [2.24, 2.45) is 5.92 Å². The van der Waals surface area contributed by atoms with Crippen LogP contribution in [0.1, 0.15) is 26.7 Å². The molecule has 2 aromatic heterocycles. The van der Waals surface area contributed by atoms with Gasteiger partial charge in [0.2, 0.25) is 5.91 Å². The van der Waals surface area contributed by atoms with Gasteiger partial charge in [-0.15, -0.1) is 15.3 Å². The van der Waals surface area contributed by atoms with E-state index in [2.05, 4.69) is 20.2 Å². The van der Waals surface area contributed by atoms with E-state index in [1.807, 2.05) is 30.9 Å². The molecule has 1 saturated heterocycles. The third-order valence-electron chi connectivity index (χ3n) is 4.39. The zero-order valence-corrected chi connectivity index (χ0v) is 13.1. The molecule has 3 heterocycles. The molecule has 7 heteroatoms. The zero-order chi connectivity index (χ0) is 15.5. The van der Waals surface area contributed by atoms with Crippen LogP contribution in [-0.2, 0) is 4.79 Å². The van der Waals surface area contributed by atoms with E-state index < -0.39 is 0 Å². The first-order valence-electron chi connectivity index (χ1n) is 7.93. The summed E-state index contributed by atoms with van der Waals surface area (Å²) in [7, 11) is 0. The lowest BCUT2D eigenvalue weighted by Crippen LogP contribution is -2.42. The summed E-state index contributed by atoms with van der Waals surface area (Å²) in [4.78, 5) is 16.6. The Kier molecular flexibility index (Phi) is 4.22. The predicted octanol–water partition coefficient (Wildman–Crippen LogP) is 1.21. The zero-order valence-electron chi connectivity index (χ0n) is 13.1. The van der Waals surface area contributed by atoms with Gasteiger partial charge in [0.25, 0.3) is 0 Å². The highest BCUT2D eigenvalue weighted by Gasteiger charge is 2.28. The summed E-state index contributed by atoms with van der Waals surface area (Å²) in [5.41, 5.74) is 0.746. The fraction of sp³-hybridized carbons (Fsp3) is 0.600. The summed E-state index contributed by atoms with van der Waals surface area (Å²) in [6.07, 6.45) is 3.38. The quantitative estimate of drug-likeness (QED) is 0.849. The fourth-order valence-corrected chi connectivity index (χ4v) is 3.04. The van der Waals surface area contributed by atoms with Crippen LogP contribution in [0.3, 0.4) is 0 Å². The highest BCUT2D eigenvalue weighted by Crippen LogP contribution is 2.23. The Labute approximate surface area is 129 Å². The molecule has 0 radical (unpaired) electrons. The second-order valence-electron chi connectivity index (χ2n) is 5.60. The Hall–Kier alpha value is -2.18. The largest absolute Gasteiger partial charge is 0.355 e. The maximum absolute atomic E-state index is 12.4. The van der Waals surface area contributed by atoms with E-state index in [9.17, 15) is 4.79 Å². The molecule has 0 atom stereocenters. The van der Waals surface area contributed by atoms with Gasteiger partial charge < -0.3 is 9.80 Å². The molecule has 0 saturated carbocycles. The number of carbonyl (C=O) groups excluding carboxylic acids is 1. The molecule has 22 heavy (non-hydrogen) atoms. The summed E-state index contributed by atoms with van der Waals surface area (Å²) < 4.78 is 1.68. The molecule has 1 fully saturated rings. The normalized spacial score (nSPS) is 16.2. The van der Waals surface area contributed by atoms with Gasteiger partial charge in [-0.2, -0.15) is 4.52 Å². The van der Waals surface area contributed by atoms with E-state index in [-0.39, 0.29) is 5.92 Å². The molecule has 0 bridgehead atoms. The Morgan fingerprint density at radius 3 is 2.68 bits per heavy atom. The molecule has 2 aromatic rings. The van der Waals surface area contributed by atoms with Crippen molar-refractivity contribution in [1.29, 1.82) is 0 Å². The van der Waals surface area contributed by atoms with Crippen LogP contribution in [-0.4, -0.2) is 56.8 Å². The van der Waals surface area contributed by atoms with Crippen LogP contribution in [0.15, 0.2) is 18.5 Å². The number of fused-ring (bicyclic) bond motifs is 1. The summed E-state index contributed by atoms with van der Waals surface area (Å²) in [6.45, 7) is 7.38. The first-order chi connectivity index (χ1) is 10.7. The van der Waals surface area contributed by atoms with Crippen LogP contribution >= 0.6 is 0 Å². The molecule has 118 valence electrons. The lowest BCUT2D eigenvalue weighted by molar-refractivity contribution is -0.135. The third-order valence-corrected chi connectivity index (χ3v) is 4.39. The molecule has 3 rings (SSSR count). The maximum atomic E-state index is 12.4. The number of hydrogen-bond acceptors (Lipinski definition) is 5. The molecule has 7 nitrogen and oxygen atoms in total. The second-order valence-corrected chi connectivity index (χ2v) is 5.60. The van der Waals surface area contributed by atoms with E-state index in [0.717, 1.165) is 50.5 Å². The van der Waals surface area contributed by atoms with Crippen molar-refractivity contribution in [2.45, 2.75) is 26.7 Å². The van der Waals surface area contributed by atoms with Crippen LogP contribution < -0.4 is 4.90 Å². The summed E-state index contributed by atoms with van der Waals surface area (Å²) in [5, 5.41) is 12.3. The topological polar surface area (TPSA) is 66.6 Å². The average molecular weight is 302 g/mol. The van der Waals surface area contributed by atoms with Crippen molar-refractivity contribution in [1.82, 2.24) is 24.7 Å². The minimum atomic E-state index is 0.148. The Morgan fingerprint density at radius 1 is 1.27 bits per heavy atom. The lowest BCUT2D eigenvalue weighted by atomic mass is 9.95. The number of amides is 1. The van der Waals surface area contributed by atoms with E-state index in [0.29, 0.717) is 5.91 Å². The van der Waals surface area contributed by atoms with Crippen molar-refractivity contribution in [2.75, 3.05) is 31.1 Å². The van der Waals surface area contributed by atoms with Gasteiger partial charge in [0, 0.05) is 32.1 Å². The number of nitrogens with zero attached hydrogens (tertiary/aromatic N) is 6. The van der Waals surface area contributed by atoms with Gasteiger partial charge in [0.1, 0.15) is 12.1 Å². The highest BCUT2D eigenvalue weighted by molar-refractivity contribution is 5.79. The van der Waals surface area contributed by atoms with Crippen molar-refractivity contribution >= 4 is 17.4 Å². The smallest absolute Gasteiger partial charge is 0.225 e. The van der Waals surface area contributed by atoms with E-state index in [1.54, 1.807) is 10.8 Å². The van der Waals surface area contributed by atoms with Crippen molar-refractivity contribution in [3.63, 3.8) is 0 Å². The standard InChI is InChI=1S/C15H22N6O/c1-3-19(4-2)15(22)12-7-9-20(10-8-12)14-6-5-13-17-16-11-21(13)18-14/h5-6,11-12H,3-4,7-10H2,1-2H3. The van der Waals surface area contributed by atoms with Gasteiger partial charge in [-0.05, 0) is 38.8 Å². The van der Waals surface area contributed by atoms with Gasteiger partial charge in [-0.3, -0.25) is 4.79 Å². The Balaban J connectivity index is 1.65. The summed E-state index contributed by atoms with van der Waals surface area (Å²) in [6, 6.07) is 3.89. The van der Waals surface area contributed by atoms with E-state index in [1.165, 1.54) is 0 Å². The first kappa shape index (κ1) is 14.7. The van der Waals surface area contributed by atoms with E-state index >= 15 is 0 Å². The SMILES string of the molecule is CCN(CC)C(=O)C1CCN(c2ccc3nncn3n2)CC1. The molecular weight excluding hydrogens is 280 g/mol. The monoisotopic (exact) mass is 302 g/mol. The molecule has 1 amide bonds. The lowest BCUT2D eigenvalue weighted by Gasteiger charge is -2.34. The molecule has 1 aliphatic rings. The molecule has 0 N–H and O–H groups in total. The maximum Gasteiger partial charge on any atom is 0.225 e. The molecule has 0 aliphatic carbocycles. The number of rotatable bonds is 4. The average Bonchev–Trinajstić information content (AvgIpc) is 3.03. The fourth-order valence-electron chi connectivity index (χ4n) is 3.04. The number of anilines is 1. The van der Waals surface area contributed by atoms with Gasteiger partial charge >= 0.3 is 0 Å². The molecule has 0 spiro atoms. The van der Waals surface area contributed by atoms with Crippen LogP contribution in [0.4, 0.5) is 5.82 Å². The first-order valence-corrected chi connectivity index (χ1v) is 7.93. The number of piperidine rings is 1.